The Morgan fingerprint density at radius 2 is 1.81 bits per heavy atom. The SMILES string of the molecule is CC1CCCC(NC(=O)CN2CCN(S(=O)(=O)c3cccc(C(F)(F)F)c3)CC2)C1C. The summed E-state index contributed by atoms with van der Waals surface area (Å²) in [7, 11) is -4.03. The average molecular weight is 462 g/mol. The molecule has 1 N–H and O–H groups in total. The van der Waals surface area contributed by atoms with E-state index in [2.05, 4.69) is 19.2 Å². The Morgan fingerprint density at radius 3 is 2.45 bits per heavy atom. The van der Waals surface area contributed by atoms with Crippen LogP contribution < -0.4 is 5.32 Å². The van der Waals surface area contributed by atoms with Crippen LogP contribution in [-0.2, 0) is 21.0 Å². The molecule has 10 heteroatoms. The second-order valence-corrected chi connectivity index (χ2v) is 10.6. The second-order valence-electron chi connectivity index (χ2n) is 8.65. The highest BCUT2D eigenvalue weighted by atomic mass is 32.2. The minimum atomic E-state index is -4.61. The van der Waals surface area contributed by atoms with E-state index in [9.17, 15) is 26.4 Å². The number of halogens is 3. The Hall–Kier alpha value is -1.65. The van der Waals surface area contributed by atoms with Gasteiger partial charge in [-0.05, 0) is 36.5 Å². The van der Waals surface area contributed by atoms with Gasteiger partial charge in [0.15, 0.2) is 0 Å². The van der Waals surface area contributed by atoms with E-state index >= 15 is 0 Å². The minimum absolute atomic E-state index is 0.0693. The van der Waals surface area contributed by atoms with Crippen molar-refractivity contribution in [2.45, 2.75) is 50.2 Å². The molecule has 1 aliphatic heterocycles. The summed E-state index contributed by atoms with van der Waals surface area (Å²) in [6.45, 7) is 5.50. The summed E-state index contributed by atoms with van der Waals surface area (Å²) >= 11 is 0. The van der Waals surface area contributed by atoms with E-state index in [1.807, 2.05) is 4.90 Å². The first-order valence-electron chi connectivity index (χ1n) is 10.7. The van der Waals surface area contributed by atoms with Gasteiger partial charge in [-0.1, -0.05) is 32.8 Å². The standard InChI is InChI=1S/C21H30F3N3O3S/c1-15-5-3-8-19(16(15)2)25-20(28)14-26-9-11-27(12-10-26)31(29,30)18-7-4-6-17(13-18)21(22,23)24/h4,6-7,13,15-16,19H,3,5,8-12,14H2,1-2H3,(H,25,28). The van der Waals surface area contributed by atoms with Crippen LogP contribution in [-0.4, -0.2) is 62.3 Å². The van der Waals surface area contributed by atoms with Crippen molar-refractivity contribution in [3.05, 3.63) is 29.8 Å². The van der Waals surface area contributed by atoms with Gasteiger partial charge in [-0.2, -0.15) is 17.5 Å². The van der Waals surface area contributed by atoms with Crippen molar-refractivity contribution in [3.63, 3.8) is 0 Å². The average Bonchev–Trinajstić information content (AvgIpc) is 2.71. The van der Waals surface area contributed by atoms with Gasteiger partial charge in [0.2, 0.25) is 15.9 Å². The molecular formula is C21H30F3N3O3S. The maximum absolute atomic E-state index is 12.9. The van der Waals surface area contributed by atoms with Gasteiger partial charge in [0.05, 0.1) is 17.0 Å². The van der Waals surface area contributed by atoms with Crippen LogP contribution in [0.5, 0.6) is 0 Å². The van der Waals surface area contributed by atoms with Crippen LogP contribution in [0.2, 0.25) is 0 Å². The third-order valence-electron chi connectivity index (χ3n) is 6.55. The predicted molar refractivity (Wildman–Crippen MR) is 111 cm³/mol. The van der Waals surface area contributed by atoms with Gasteiger partial charge < -0.3 is 5.32 Å². The Kier molecular flexibility index (Phi) is 7.32. The van der Waals surface area contributed by atoms with Gasteiger partial charge in [-0.3, -0.25) is 9.69 Å². The fourth-order valence-electron chi connectivity index (χ4n) is 4.35. The van der Waals surface area contributed by atoms with Gasteiger partial charge in [-0.25, -0.2) is 8.42 Å². The van der Waals surface area contributed by atoms with Crippen molar-refractivity contribution in [1.82, 2.24) is 14.5 Å². The molecule has 1 aromatic carbocycles. The summed E-state index contributed by atoms with van der Waals surface area (Å²) in [5.74, 6) is 0.927. The molecule has 1 aliphatic carbocycles. The molecule has 3 unspecified atom stereocenters. The van der Waals surface area contributed by atoms with Crippen LogP contribution in [0, 0.1) is 11.8 Å². The highest BCUT2D eigenvalue weighted by Gasteiger charge is 2.34. The number of hydrogen-bond acceptors (Lipinski definition) is 4. The third-order valence-corrected chi connectivity index (χ3v) is 8.45. The lowest BCUT2D eigenvalue weighted by molar-refractivity contribution is -0.137. The number of amides is 1. The third kappa shape index (κ3) is 5.78. The lowest BCUT2D eigenvalue weighted by atomic mass is 9.78. The minimum Gasteiger partial charge on any atom is -0.352 e. The van der Waals surface area contributed by atoms with Gasteiger partial charge in [0.25, 0.3) is 0 Å². The van der Waals surface area contributed by atoms with E-state index in [1.54, 1.807) is 0 Å². The normalized spacial score (nSPS) is 26.5. The summed E-state index contributed by atoms with van der Waals surface area (Å²) in [6.07, 6.45) is -1.36. The number of sulfonamides is 1. The van der Waals surface area contributed by atoms with Crippen molar-refractivity contribution >= 4 is 15.9 Å². The number of nitrogens with zero attached hydrogens (tertiary/aromatic N) is 2. The summed E-state index contributed by atoms with van der Waals surface area (Å²) in [5, 5.41) is 3.11. The molecule has 0 bridgehead atoms. The highest BCUT2D eigenvalue weighted by Crippen LogP contribution is 2.31. The Labute approximate surface area is 181 Å². The van der Waals surface area contributed by atoms with Crippen molar-refractivity contribution in [2.75, 3.05) is 32.7 Å². The summed E-state index contributed by atoms with van der Waals surface area (Å²) in [4.78, 5) is 14.0. The number of carbonyl (C=O) groups excluding carboxylic acids is 1. The number of piperazine rings is 1. The zero-order valence-electron chi connectivity index (χ0n) is 17.9. The van der Waals surface area contributed by atoms with E-state index < -0.39 is 21.8 Å². The fourth-order valence-corrected chi connectivity index (χ4v) is 5.82. The molecule has 3 rings (SSSR count). The van der Waals surface area contributed by atoms with Crippen LogP contribution in [0.4, 0.5) is 13.2 Å². The molecule has 6 nitrogen and oxygen atoms in total. The molecule has 3 atom stereocenters. The zero-order valence-corrected chi connectivity index (χ0v) is 18.7. The van der Waals surface area contributed by atoms with Crippen molar-refractivity contribution in [1.29, 1.82) is 0 Å². The zero-order chi connectivity index (χ0) is 22.8. The number of carbonyl (C=O) groups is 1. The maximum Gasteiger partial charge on any atom is 0.416 e. The smallest absolute Gasteiger partial charge is 0.352 e. The van der Waals surface area contributed by atoms with E-state index in [4.69, 9.17) is 0 Å². The largest absolute Gasteiger partial charge is 0.416 e. The van der Waals surface area contributed by atoms with Crippen molar-refractivity contribution in [2.24, 2.45) is 11.8 Å². The Balaban J connectivity index is 1.55. The number of nitrogens with one attached hydrogen (secondary N) is 1. The number of alkyl halides is 3. The highest BCUT2D eigenvalue weighted by molar-refractivity contribution is 7.89. The first kappa shape index (κ1) is 24.0. The van der Waals surface area contributed by atoms with Crippen LogP contribution in [0.25, 0.3) is 0 Å². The predicted octanol–water partition coefficient (Wildman–Crippen LogP) is 2.95. The van der Waals surface area contributed by atoms with E-state index in [-0.39, 0.29) is 36.5 Å². The molecule has 1 saturated carbocycles. The molecule has 0 aromatic heterocycles. The van der Waals surface area contributed by atoms with Crippen LogP contribution in [0.3, 0.4) is 0 Å². The summed E-state index contributed by atoms with van der Waals surface area (Å²) < 4.78 is 65.5. The van der Waals surface area contributed by atoms with Crippen molar-refractivity contribution in [3.8, 4) is 0 Å². The van der Waals surface area contributed by atoms with E-state index in [1.165, 1.54) is 16.8 Å². The van der Waals surface area contributed by atoms with Gasteiger partial charge in [0.1, 0.15) is 0 Å². The quantitative estimate of drug-likeness (QED) is 0.732. The second kappa shape index (κ2) is 9.46. The first-order chi connectivity index (χ1) is 14.5. The number of rotatable bonds is 5. The molecule has 0 spiro atoms. The Morgan fingerprint density at radius 1 is 1.13 bits per heavy atom. The lowest BCUT2D eigenvalue weighted by Crippen LogP contribution is -2.52. The molecule has 1 heterocycles. The van der Waals surface area contributed by atoms with Crippen LogP contribution >= 0.6 is 0 Å². The van der Waals surface area contributed by atoms with Crippen LogP contribution in [0.15, 0.2) is 29.2 Å². The monoisotopic (exact) mass is 461 g/mol. The molecule has 31 heavy (non-hydrogen) atoms. The molecule has 2 aliphatic rings. The Bertz CT molecular complexity index is 883. The molecular weight excluding hydrogens is 431 g/mol. The van der Waals surface area contributed by atoms with Crippen molar-refractivity contribution < 1.29 is 26.4 Å². The molecule has 174 valence electrons. The number of hydrogen-bond donors (Lipinski definition) is 1. The van der Waals surface area contributed by atoms with Gasteiger partial charge in [-0.15, -0.1) is 0 Å². The van der Waals surface area contributed by atoms with E-state index in [0.29, 0.717) is 31.0 Å². The molecule has 0 radical (unpaired) electrons. The summed E-state index contributed by atoms with van der Waals surface area (Å²) in [5.41, 5.74) is -0.991. The van der Waals surface area contributed by atoms with E-state index in [0.717, 1.165) is 25.0 Å². The molecule has 1 saturated heterocycles. The molecule has 1 amide bonds. The van der Waals surface area contributed by atoms with Gasteiger partial charge in [0, 0.05) is 32.2 Å². The first-order valence-corrected chi connectivity index (χ1v) is 12.1. The topological polar surface area (TPSA) is 69.7 Å². The van der Waals surface area contributed by atoms with Crippen LogP contribution in [0.1, 0.15) is 38.7 Å². The summed E-state index contributed by atoms with van der Waals surface area (Å²) in [6, 6.07) is 3.96. The van der Waals surface area contributed by atoms with Gasteiger partial charge >= 0.3 is 6.18 Å². The lowest BCUT2D eigenvalue weighted by Gasteiger charge is -2.36. The number of benzene rings is 1. The molecule has 2 fully saturated rings. The maximum atomic E-state index is 12.9. The molecule has 1 aromatic rings. The fraction of sp³-hybridized carbons (Fsp3) is 0.667.